The summed E-state index contributed by atoms with van der Waals surface area (Å²) in [7, 11) is 0. The summed E-state index contributed by atoms with van der Waals surface area (Å²) < 4.78 is 21.8. The first-order valence-electron chi connectivity index (χ1n) is 14.5. The number of rotatable bonds is 9. The molecule has 4 aromatic rings. The highest BCUT2D eigenvalue weighted by Gasteiger charge is 2.56. The van der Waals surface area contributed by atoms with Crippen molar-refractivity contribution in [2.45, 2.75) is 57.8 Å². The van der Waals surface area contributed by atoms with Crippen LogP contribution in [0.3, 0.4) is 0 Å². The fourth-order valence-electron chi connectivity index (χ4n) is 5.27. The zero-order chi connectivity index (χ0) is 29.3. The van der Waals surface area contributed by atoms with Gasteiger partial charge >= 0.3 is 0 Å². The number of alkyl halides is 1. The third kappa shape index (κ3) is 5.72. The van der Waals surface area contributed by atoms with Gasteiger partial charge in [0.25, 0.3) is 0 Å². The average Bonchev–Trinajstić information content (AvgIpc) is 3.68. The number of carbonyl (C=O) groups excluding carboxylic acids is 2. The minimum Gasteiger partial charge on any atom is -0.457 e. The van der Waals surface area contributed by atoms with Crippen LogP contribution in [0.15, 0.2) is 67.1 Å². The maximum Gasteiger partial charge on any atom is 0.240 e. The van der Waals surface area contributed by atoms with E-state index in [9.17, 15) is 14.0 Å². The van der Waals surface area contributed by atoms with E-state index in [1.807, 2.05) is 24.4 Å². The van der Waals surface area contributed by atoms with Crippen molar-refractivity contribution in [3.8, 4) is 22.6 Å². The van der Waals surface area contributed by atoms with Crippen molar-refractivity contribution >= 4 is 28.4 Å². The quantitative estimate of drug-likeness (QED) is 0.233. The number of carbonyl (C=O) groups is 2. The molecule has 1 saturated heterocycles. The van der Waals surface area contributed by atoms with Crippen LogP contribution in [0, 0.1) is 5.41 Å². The summed E-state index contributed by atoms with van der Waals surface area (Å²) in [4.78, 5) is 30.1. The summed E-state index contributed by atoms with van der Waals surface area (Å²) in [5.74, 6) is 0.445. The van der Waals surface area contributed by atoms with Crippen molar-refractivity contribution in [3.63, 3.8) is 0 Å². The number of fused-ring (bicyclic) bond motifs is 1. The number of anilines is 1. The van der Waals surface area contributed by atoms with Crippen LogP contribution >= 0.6 is 0 Å². The van der Waals surface area contributed by atoms with E-state index in [1.54, 1.807) is 37.4 Å². The zero-order valence-corrected chi connectivity index (χ0v) is 23.8. The standard InChI is InChI=1S/C32H35FN6O3/c1-20(33)21(2)37-30(40)32(12-13-32)31(41)38-24-4-6-26(7-5-24)42-29-11-16-35-28-17-22(3-8-27(28)29)23-18-36-39(19-23)25-9-14-34-15-10-25/h3-8,11,16-21,25,34H,9-10,12-15H2,1-2H3,(H,37,40)(H,38,41)/t20-,21?/m0/s1. The molecule has 218 valence electrons. The molecule has 42 heavy (non-hydrogen) atoms. The van der Waals surface area contributed by atoms with Gasteiger partial charge in [0.15, 0.2) is 0 Å². The second-order valence-corrected chi connectivity index (χ2v) is 11.3. The van der Waals surface area contributed by atoms with E-state index in [1.165, 1.54) is 6.92 Å². The molecule has 2 amide bonds. The molecule has 0 spiro atoms. The van der Waals surface area contributed by atoms with Crippen molar-refractivity contribution in [2.75, 3.05) is 18.4 Å². The summed E-state index contributed by atoms with van der Waals surface area (Å²) in [5.41, 5.74) is 2.32. The molecule has 1 unspecified atom stereocenters. The topological polar surface area (TPSA) is 110 Å². The number of pyridine rings is 1. The van der Waals surface area contributed by atoms with Crippen molar-refractivity contribution in [3.05, 3.63) is 67.1 Å². The van der Waals surface area contributed by atoms with E-state index in [0.29, 0.717) is 36.1 Å². The molecule has 9 nitrogen and oxygen atoms in total. The number of hydrogen-bond donors (Lipinski definition) is 3. The van der Waals surface area contributed by atoms with Gasteiger partial charge in [-0.3, -0.25) is 19.3 Å². The molecule has 0 radical (unpaired) electrons. The van der Waals surface area contributed by atoms with E-state index in [2.05, 4.69) is 43.0 Å². The van der Waals surface area contributed by atoms with Crippen LogP contribution in [-0.2, 0) is 9.59 Å². The molecule has 3 heterocycles. The van der Waals surface area contributed by atoms with Crippen molar-refractivity contribution in [1.82, 2.24) is 25.4 Å². The van der Waals surface area contributed by atoms with Gasteiger partial charge in [-0.25, -0.2) is 4.39 Å². The van der Waals surface area contributed by atoms with Crippen LogP contribution in [-0.4, -0.2) is 51.9 Å². The van der Waals surface area contributed by atoms with Crippen LogP contribution in [0.25, 0.3) is 22.0 Å². The average molecular weight is 571 g/mol. The minimum absolute atomic E-state index is 0.385. The Balaban J connectivity index is 1.12. The smallest absolute Gasteiger partial charge is 0.240 e. The molecule has 10 heteroatoms. The third-order valence-electron chi connectivity index (χ3n) is 8.33. The van der Waals surface area contributed by atoms with E-state index in [0.717, 1.165) is 48.0 Å². The Hall–Kier alpha value is -4.31. The second kappa shape index (κ2) is 11.5. The summed E-state index contributed by atoms with van der Waals surface area (Å²) in [6.07, 6.45) is 7.58. The first-order valence-corrected chi connectivity index (χ1v) is 14.5. The molecule has 1 aliphatic heterocycles. The highest BCUT2D eigenvalue weighted by molar-refractivity contribution is 6.13. The Kier molecular flexibility index (Phi) is 7.64. The van der Waals surface area contributed by atoms with Gasteiger partial charge in [-0.05, 0) is 101 Å². The molecule has 2 aliphatic rings. The van der Waals surface area contributed by atoms with Crippen molar-refractivity contribution < 1.29 is 18.7 Å². The molecular formula is C32H35FN6O3. The zero-order valence-electron chi connectivity index (χ0n) is 23.8. The highest BCUT2D eigenvalue weighted by Crippen LogP contribution is 2.47. The lowest BCUT2D eigenvalue weighted by atomic mass is 10.0. The summed E-state index contributed by atoms with van der Waals surface area (Å²) in [6, 6.07) is 14.7. The van der Waals surface area contributed by atoms with Crippen LogP contribution < -0.4 is 20.7 Å². The number of halogens is 1. The maximum absolute atomic E-state index is 13.5. The predicted molar refractivity (Wildman–Crippen MR) is 159 cm³/mol. The Bertz CT molecular complexity index is 1590. The molecule has 1 saturated carbocycles. The van der Waals surface area contributed by atoms with Gasteiger partial charge in [0, 0.05) is 29.0 Å². The minimum atomic E-state index is -1.20. The molecular weight excluding hydrogens is 535 g/mol. The maximum atomic E-state index is 13.5. The van der Waals surface area contributed by atoms with E-state index >= 15 is 0 Å². The summed E-state index contributed by atoms with van der Waals surface area (Å²) >= 11 is 0. The highest BCUT2D eigenvalue weighted by atomic mass is 19.1. The lowest BCUT2D eigenvalue weighted by Gasteiger charge is -2.22. The fourth-order valence-corrected chi connectivity index (χ4v) is 5.27. The number of amides is 2. The van der Waals surface area contributed by atoms with Gasteiger partial charge in [0.2, 0.25) is 11.8 Å². The molecule has 2 aromatic carbocycles. The normalized spacial score (nSPS) is 17.8. The third-order valence-corrected chi connectivity index (χ3v) is 8.33. The van der Waals surface area contributed by atoms with Crippen molar-refractivity contribution in [1.29, 1.82) is 0 Å². The number of nitrogens with zero attached hydrogens (tertiary/aromatic N) is 3. The Morgan fingerprint density at radius 1 is 1.05 bits per heavy atom. The number of ether oxygens (including phenoxy) is 1. The lowest BCUT2D eigenvalue weighted by Crippen LogP contribution is -2.46. The van der Waals surface area contributed by atoms with Gasteiger partial charge in [-0.2, -0.15) is 5.10 Å². The summed E-state index contributed by atoms with van der Waals surface area (Å²) in [5, 5.41) is 14.3. The number of hydrogen-bond acceptors (Lipinski definition) is 6. The lowest BCUT2D eigenvalue weighted by molar-refractivity contribution is -0.135. The second-order valence-electron chi connectivity index (χ2n) is 11.3. The van der Waals surface area contributed by atoms with E-state index < -0.39 is 23.5 Å². The number of piperidine rings is 1. The number of nitrogens with one attached hydrogen (secondary N) is 3. The van der Waals surface area contributed by atoms with Gasteiger partial charge < -0.3 is 20.7 Å². The van der Waals surface area contributed by atoms with Gasteiger partial charge in [-0.15, -0.1) is 0 Å². The van der Waals surface area contributed by atoms with Crippen LogP contribution in [0.2, 0.25) is 0 Å². The van der Waals surface area contributed by atoms with Crippen LogP contribution in [0.4, 0.5) is 10.1 Å². The van der Waals surface area contributed by atoms with E-state index in [-0.39, 0.29) is 5.91 Å². The monoisotopic (exact) mass is 570 g/mol. The largest absolute Gasteiger partial charge is 0.457 e. The fraction of sp³-hybridized carbons (Fsp3) is 0.375. The molecule has 6 rings (SSSR count). The first-order chi connectivity index (χ1) is 20.3. The van der Waals surface area contributed by atoms with E-state index in [4.69, 9.17) is 4.74 Å². The molecule has 3 N–H and O–H groups in total. The molecule has 2 atom stereocenters. The Morgan fingerprint density at radius 2 is 1.81 bits per heavy atom. The Morgan fingerprint density at radius 3 is 2.52 bits per heavy atom. The number of benzene rings is 2. The molecule has 1 aliphatic carbocycles. The molecule has 0 bridgehead atoms. The molecule has 2 fully saturated rings. The van der Waals surface area contributed by atoms with Gasteiger partial charge in [-0.1, -0.05) is 6.07 Å². The van der Waals surface area contributed by atoms with Crippen LogP contribution in [0.1, 0.15) is 45.6 Å². The van der Waals surface area contributed by atoms with Crippen molar-refractivity contribution in [2.24, 2.45) is 5.41 Å². The van der Waals surface area contributed by atoms with Gasteiger partial charge in [0.05, 0.1) is 23.8 Å². The first kappa shape index (κ1) is 27.8. The summed E-state index contributed by atoms with van der Waals surface area (Å²) in [6.45, 7) is 5.00. The Labute approximate surface area is 243 Å². The molecule has 2 aromatic heterocycles. The van der Waals surface area contributed by atoms with Crippen LogP contribution in [0.5, 0.6) is 11.5 Å². The SMILES string of the molecule is CC(NC(=O)C1(C(=O)Nc2ccc(Oc3ccnc4cc(-c5cnn(C6CCNCC6)c5)ccc34)cc2)CC1)[C@H](C)F. The number of aromatic nitrogens is 3. The van der Waals surface area contributed by atoms with Gasteiger partial charge in [0.1, 0.15) is 23.1 Å². The predicted octanol–water partition coefficient (Wildman–Crippen LogP) is 5.40.